The van der Waals surface area contributed by atoms with E-state index in [2.05, 4.69) is 20.1 Å². The van der Waals surface area contributed by atoms with Gasteiger partial charge in [-0.3, -0.25) is 9.78 Å². The normalized spacial score (nSPS) is 12.3. The molecule has 0 unspecified atom stereocenters. The van der Waals surface area contributed by atoms with Crippen LogP contribution in [0.5, 0.6) is 11.5 Å². The van der Waals surface area contributed by atoms with E-state index in [0.29, 0.717) is 36.7 Å². The summed E-state index contributed by atoms with van der Waals surface area (Å²) in [5, 5.41) is 4.23. The molecule has 0 saturated heterocycles. The zero-order valence-corrected chi connectivity index (χ0v) is 17.9. The highest BCUT2D eigenvalue weighted by atomic mass is 16.7. The topological polar surface area (TPSA) is 94.7 Å². The summed E-state index contributed by atoms with van der Waals surface area (Å²) in [6, 6.07) is 9.37. The van der Waals surface area contributed by atoms with Crippen LogP contribution in [0.4, 0.5) is 5.69 Å². The first-order valence-corrected chi connectivity index (χ1v) is 10.3. The SMILES string of the molecule is Cc1nc2ncnn2c(C)c1CCC(=O)N(Cc1cccnc1)c1ccc2c(c1)OCO2. The van der Waals surface area contributed by atoms with Crippen molar-refractivity contribution in [2.75, 3.05) is 11.7 Å². The van der Waals surface area contributed by atoms with Crippen molar-refractivity contribution in [3.8, 4) is 11.5 Å². The molecule has 5 rings (SSSR count). The summed E-state index contributed by atoms with van der Waals surface area (Å²) >= 11 is 0. The van der Waals surface area contributed by atoms with E-state index in [4.69, 9.17) is 9.47 Å². The Labute approximate surface area is 184 Å². The van der Waals surface area contributed by atoms with Crippen molar-refractivity contribution >= 4 is 17.4 Å². The summed E-state index contributed by atoms with van der Waals surface area (Å²) < 4.78 is 12.6. The number of carbonyl (C=O) groups excluding carboxylic acids is 1. The van der Waals surface area contributed by atoms with E-state index in [-0.39, 0.29) is 12.7 Å². The van der Waals surface area contributed by atoms with Gasteiger partial charge in [0.2, 0.25) is 12.7 Å². The molecule has 4 heterocycles. The van der Waals surface area contributed by atoms with Gasteiger partial charge in [0.1, 0.15) is 6.33 Å². The number of benzene rings is 1. The molecule has 0 radical (unpaired) electrons. The van der Waals surface area contributed by atoms with Gasteiger partial charge in [-0.05, 0) is 49.6 Å². The molecule has 3 aromatic heterocycles. The van der Waals surface area contributed by atoms with Gasteiger partial charge in [-0.1, -0.05) is 6.07 Å². The lowest BCUT2D eigenvalue weighted by Gasteiger charge is -2.23. The van der Waals surface area contributed by atoms with Crippen LogP contribution in [0.3, 0.4) is 0 Å². The zero-order valence-electron chi connectivity index (χ0n) is 17.9. The number of anilines is 1. The van der Waals surface area contributed by atoms with E-state index in [9.17, 15) is 4.79 Å². The molecule has 0 fully saturated rings. The third kappa shape index (κ3) is 3.73. The van der Waals surface area contributed by atoms with Crippen LogP contribution in [0.2, 0.25) is 0 Å². The van der Waals surface area contributed by atoms with E-state index < -0.39 is 0 Å². The first-order valence-electron chi connectivity index (χ1n) is 10.3. The summed E-state index contributed by atoms with van der Waals surface area (Å²) in [6.45, 7) is 4.50. The highest BCUT2D eigenvalue weighted by molar-refractivity contribution is 5.93. The van der Waals surface area contributed by atoms with Gasteiger partial charge in [0.15, 0.2) is 11.5 Å². The monoisotopic (exact) mass is 430 g/mol. The Balaban J connectivity index is 1.42. The highest BCUT2D eigenvalue weighted by Gasteiger charge is 2.22. The van der Waals surface area contributed by atoms with Crippen LogP contribution in [0.1, 0.15) is 28.9 Å². The van der Waals surface area contributed by atoms with Crippen molar-refractivity contribution in [1.29, 1.82) is 0 Å². The minimum absolute atomic E-state index is 0.00907. The number of pyridine rings is 1. The summed E-state index contributed by atoms with van der Waals surface area (Å²) in [5.74, 6) is 1.87. The van der Waals surface area contributed by atoms with Gasteiger partial charge in [0.25, 0.3) is 5.78 Å². The number of ether oxygens (including phenoxy) is 2. The molecule has 0 saturated carbocycles. The van der Waals surface area contributed by atoms with Crippen molar-refractivity contribution in [3.05, 3.63) is 71.6 Å². The molecular weight excluding hydrogens is 408 g/mol. The van der Waals surface area contributed by atoms with E-state index in [1.165, 1.54) is 6.33 Å². The van der Waals surface area contributed by atoms with Crippen molar-refractivity contribution in [2.45, 2.75) is 33.2 Å². The van der Waals surface area contributed by atoms with Gasteiger partial charge in [0.05, 0.1) is 6.54 Å². The van der Waals surface area contributed by atoms with Crippen LogP contribution >= 0.6 is 0 Å². The first-order chi connectivity index (χ1) is 15.6. The number of amides is 1. The average molecular weight is 430 g/mol. The second-order valence-corrected chi connectivity index (χ2v) is 7.61. The van der Waals surface area contributed by atoms with E-state index in [1.54, 1.807) is 21.8 Å². The van der Waals surface area contributed by atoms with Crippen molar-refractivity contribution < 1.29 is 14.3 Å². The van der Waals surface area contributed by atoms with Crippen LogP contribution in [-0.2, 0) is 17.8 Å². The van der Waals surface area contributed by atoms with Gasteiger partial charge in [0, 0.05) is 42.0 Å². The maximum absolute atomic E-state index is 13.4. The summed E-state index contributed by atoms with van der Waals surface area (Å²) in [6.07, 6.45) is 5.84. The first kappa shape index (κ1) is 19.9. The molecule has 0 aliphatic carbocycles. The molecule has 162 valence electrons. The lowest BCUT2D eigenvalue weighted by molar-refractivity contribution is -0.118. The van der Waals surface area contributed by atoms with Crippen molar-refractivity contribution in [1.82, 2.24) is 24.6 Å². The second kappa shape index (κ2) is 8.26. The molecule has 1 aliphatic rings. The van der Waals surface area contributed by atoms with Crippen LogP contribution in [0.25, 0.3) is 5.78 Å². The van der Waals surface area contributed by atoms with Crippen LogP contribution < -0.4 is 14.4 Å². The predicted molar refractivity (Wildman–Crippen MR) is 117 cm³/mol. The number of aryl methyl sites for hydroxylation is 2. The Bertz CT molecular complexity index is 1290. The fourth-order valence-electron chi connectivity index (χ4n) is 3.93. The Morgan fingerprint density at radius 1 is 1.19 bits per heavy atom. The number of nitrogens with zero attached hydrogens (tertiary/aromatic N) is 6. The third-order valence-electron chi connectivity index (χ3n) is 5.61. The standard InChI is InChI=1S/C23H22N6O3/c1-15-19(16(2)29-23(27-15)25-13-26-29)6-8-22(30)28(12-17-4-3-9-24-11-17)18-5-7-20-21(10-18)32-14-31-20/h3-5,7,9-11,13H,6,8,12,14H2,1-2H3. The molecule has 32 heavy (non-hydrogen) atoms. The predicted octanol–water partition coefficient (Wildman–Crippen LogP) is 3.03. The molecule has 1 aliphatic heterocycles. The van der Waals surface area contributed by atoms with Gasteiger partial charge in [-0.2, -0.15) is 10.1 Å². The van der Waals surface area contributed by atoms with E-state index in [1.807, 2.05) is 44.2 Å². The van der Waals surface area contributed by atoms with Gasteiger partial charge in [-0.25, -0.2) is 9.50 Å². The largest absolute Gasteiger partial charge is 0.454 e. The van der Waals surface area contributed by atoms with E-state index in [0.717, 1.165) is 28.2 Å². The van der Waals surface area contributed by atoms with Crippen LogP contribution in [0.15, 0.2) is 49.1 Å². The summed E-state index contributed by atoms with van der Waals surface area (Å²) in [4.78, 5) is 28.0. The summed E-state index contributed by atoms with van der Waals surface area (Å²) in [7, 11) is 0. The maximum Gasteiger partial charge on any atom is 0.252 e. The van der Waals surface area contributed by atoms with Crippen molar-refractivity contribution in [2.24, 2.45) is 0 Å². The highest BCUT2D eigenvalue weighted by Crippen LogP contribution is 2.36. The van der Waals surface area contributed by atoms with Gasteiger partial charge < -0.3 is 14.4 Å². The Morgan fingerprint density at radius 2 is 2.06 bits per heavy atom. The number of hydrogen-bond donors (Lipinski definition) is 0. The number of fused-ring (bicyclic) bond motifs is 2. The molecule has 9 heteroatoms. The number of carbonyl (C=O) groups is 1. The maximum atomic E-state index is 13.4. The lowest BCUT2D eigenvalue weighted by atomic mass is 10.1. The Morgan fingerprint density at radius 3 is 2.91 bits per heavy atom. The average Bonchev–Trinajstić information content (AvgIpc) is 3.46. The lowest BCUT2D eigenvalue weighted by Crippen LogP contribution is -2.30. The molecular formula is C23H22N6O3. The zero-order chi connectivity index (χ0) is 22.1. The number of hydrogen-bond acceptors (Lipinski definition) is 7. The minimum Gasteiger partial charge on any atom is -0.454 e. The molecule has 9 nitrogen and oxygen atoms in total. The summed E-state index contributed by atoms with van der Waals surface area (Å²) in [5.41, 5.74) is 4.50. The van der Waals surface area contributed by atoms with E-state index >= 15 is 0 Å². The van der Waals surface area contributed by atoms with Gasteiger partial charge in [-0.15, -0.1) is 0 Å². The fourth-order valence-corrected chi connectivity index (χ4v) is 3.93. The number of aromatic nitrogens is 5. The quantitative estimate of drug-likeness (QED) is 0.464. The molecule has 0 N–H and O–H groups in total. The van der Waals surface area contributed by atoms with Gasteiger partial charge >= 0.3 is 0 Å². The third-order valence-corrected chi connectivity index (χ3v) is 5.61. The second-order valence-electron chi connectivity index (χ2n) is 7.61. The fraction of sp³-hybridized carbons (Fsp3) is 0.261. The molecule has 0 bridgehead atoms. The Kier molecular flexibility index (Phi) is 5.14. The molecule has 1 aromatic carbocycles. The minimum atomic E-state index is -0.00907. The Hall–Kier alpha value is -4.01. The molecule has 1 amide bonds. The molecule has 4 aromatic rings. The van der Waals surface area contributed by atoms with Crippen molar-refractivity contribution in [3.63, 3.8) is 0 Å². The molecule has 0 spiro atoms. The molecule has 0 atom stereocenters. The smallest absolute Gasteiger partial charge is 0.252 e. The van der Waals surface area contributed by atoms with Crippen LogP contribution in [0, 0.1) is 13.8 Å². The van der Waals surface area contributed by atoms with Crippen LogP contribution in [-0.4, -0.2) is 37.3 Å². The number of rotatable bonds is 6.